The van der Waals surface area contributed by atoms with Crippen LogP contribution in [-0.4, -0.2) is 21.3 Å². The molecule has 2 rings (SSSR count). The number of hydrogen-bond donors (Lipinski definition) is 1. The van der Waals surface area contributed by atoms with E-state index in [-0.39, 0.29) is 0 Å². The first-order valence-electron chi connectivity index (χ1n) is 6.61. The van der Waals surface area contributed by atoms with Crippen LogP contribution in [-0.2, 0) is 19.5 Å². The molecule has 0 aliphatic heterocycles. The topological polar surface area (TPSA) is 42.7 Å². The van der Waals surface area contributed by atoms with Crippen molar-refractivity contribution >= 4 is 11.6 Å². The summed E-state index contributed by atoms with van der Waals surface area (Å²) in [5.74, 6) is 0.998. The molecule has 5 heteroatoms. The predicted octanol–water partition coefficient (Wildman–Crippen LogP) is 2.67. The molecule has 102 valence electrons. The molecule has 0 fully saturated rings. The number of aryl methyl sites for hydroxylation is 1. The average molecular weight is 279 g/mol. The van der Waals surface area contributed by atoms with Crippen LogP contribution in [0.3, 0.4) is 0 Å². The average Bonchev–Trinajstić information content (AvgIpc) is 2.85. The Balaban J connectivity index is 1.74. The van der Waals surface area contributed by atoms with Crippen molar-refractivity contribution in [2.45, 2.75) is 32.9 Å². The van der Waals surface area contributed by atoms with Crippen LogP contribution in [0, 0.1) is 0 Å². The molecule has 0 unspecified atom stereocenters. The van der Waals surface area contributed by atoms with Gasteiger partial charge in [0.15, 0.2) is 0 Å². The van der Waals surface area contributed by atoms with Gasteiger partial charge in [-0.25, -0.2) is 9.67 Å². The molecule has 0 saturated heterocycles. The van der Waals surface area contributed by atoms with Gasteiger partial charge in [0.1, 0.15) is 12.2 Å². The van der Waals surface area contributed by atoms with Crippen LogP contribution in [0.5, 0.6) is 0 Å². The third kappa shape index (κ3) is 4.33. The van der Waals surface area contributed by atoms with Gasteiger partial charge >= 0.3 is 0 Å². The van der Waals surface area contributed by atoms with E-state index in [9.17, 15) is 0 Å². The Labute approximate surface area is 118 Å². The minimum Gasteiger partial charge on any atom is -0.310 e. The van der Waals surface area contributed by atoms with Gasteiger partial charge in [0, 0.05) is 11.6 Å². The first-order valence-corrected chi connectivity index (χ1v) is 6.99. The molecule has 1 heterocycles. The number of halogens is 1. The second kappa shape index (κ2) is 7.26. The highest BCUT2D eigenvalue weighted by Crippen LogP contribution is 2.09. The molecule has 0 aliphatic rings. The summed E-state index contributed by atoms with van der Waals surface area (Å²) in [6.07, 6.45) is 3.67. The molecule has 19 heavy (non-hydrogen) atoms. The van der Waals surface area contributed by atoms with Gasteiger partial charge in [-0.3, -0.25) is 0 Å². The summed E-state index contributed by atoms with van der Waals surface area (Å²) in [6, 6.07) is 7.97. The first kappa shape index (κ1) is 14.0. The third-order valence-electron chi connectivity index (χ3n) is 2.92. The fraction of sp³-hybridized carbons (Fsp3) is 0.429. The van der Waals surface area contributed by atoms with Crippen molar-refractivity contribution in [3.63, 3.8) is 0 Å². The second-order valence-electron chi connectivity index (χ2n) is 4.45. The summed E-state index contributed by atoms with van der Waals surface area (Å²) >= 11 is 5.85. The zero-order valence-electron chi connectivity index (χ0n) is 11.1. The molecule has 0 saturated carbocycles. The molecular formula is C14H19ClN4. The molecule has 1 aromatic heterocycles. The Bertz CT molecular complexity index is 492. The molecular weight excluding hydrogens is 260 g/mol. The normalized spacial score (nSPS) is 10.8. The van der Waals surface area contributed by atoms with E-state index in [0.29, 0.717) is 0 Å². The summed E-state index contributed by atoms with van der Waals surface area (Å²) in [5.41, 5.74) is 1.28. The smallest absolute Gasteiger partial charge is 0.140 e. The zero-order chi connectivity index (χ0) is 13.5. The summed E-state index contributed by atoms with van der Waals surface area (Å²) < 4.78 is 1.95. The molecule has 2 aromatic rings. The Kier molecular flexibility index (Phi) is 5.36. The molecule has 0 aliphatic carbocycles. The van der Waals surface area contributed by atoms with Crippen LogP contribution in [0.2, 0.25) is 5.02 Å². The van der Waals surface area contributed by atoms with Crippen LogP contribution >= 0.6 is 11.6 Å². The van der Waals surface area contributed by atoms with Gasteiger partial charge in [-0.2, -0.15) is 5.10 Å². The van der Waals surface area contributed by atoms with Crippen molar-refractivity contribution in [1.29, 1.82) is 0 Å². The maximum atomic E-state index is 5.85. The molecule has 0 amide bonds. The van der Waals surface area contributed by atoms with Crippen LogP contribution < -0.4 is 5.32 Å². The first-order chi connectivity index (χ1) is 9.29. The molecule has 0 spiro atoms. The quantitative estimate of drug-likeness (QED) is 0.792. The van der Waals surface area contributed by atoms with Gasteiger partial charge in [-0.05, 0) is 37.1 Å². The van der Waals surface area contributed by atoms with Crippen molar-refractivity contribution in [2.75, 3.05) is 6.54 Å². The largest absolute Gasteiger partial charge is 0.310 e. The third-order valence-corrected chi connectivity index (χ3v) is 3.17. The van der Waals surface area contributed by atoms with E-state index in [0.717, 1.165) is 43.3 Å². The van der Waals surface area contributed by atoms with Crippen LogP contribution in [0.25, 0.3) is 0 Å². The number of hydrogen-bond acceptors (Lipinski definition) is 3. The monoisotopic (exact) mass is 278 g/mol. The van der Waals surface area contributed by atoms with E-state index >= 15 is 0 Å². The Hall–Kier alpha value is -1.39. The van der Waals surface area contributed by atoms with Gasteiger partial charge in [0.25, 0.3) is 0 Å². The lowest BCUT2D eigenvalue weighted by Gasteiger charge is -2.06. The Morgan fingerprint density at radius 2 is 2.05 bits per heavy atom. The lowest BCUT2D eigenvalue weighted by Crippen LogP contribution is -2.20. The second-order valence-corrected chi connectivity index (χ2v) is 4.89. The van der Waals surface area contributed by atoms with Crippen molar-refractivity contribution < 1.29 is 0 Å². The fourth-order valence-corrected chi connectivity index (χ4v) is 2.03. The maximum Gasteiger partial charge on any atom is 0.140 e. The highest BCUT2D eigenvalue weighted by Gasteiger charge is 2.02. The number of benzene rings is 1. The van der Waals surface area contributed by atoms with Crippen molar-refractivity contribution in [3.8, 4) is 0 Å². The minimum atomic E-state index is 0.758. The lowest BCUT2D eigenvalue weighted by molar-refractivity contribution is 0.543. The van der Waals surface area contributed by atoms with Crippen LogP contribution in [0.15, 0.2) is 30.6 Å². The van der Waals surface area contributed by atoms with E-state index in [1.807, 2.05) is 16.8 Å². The van der Waals surface area contributed by atoms with E-state index in [1.165, 1.54) is 5.56 Å². The van der Waals surface area contributed by atoms with Crippen molar-refractivity contribution in [2.24, 2.45) is 0 Å². The Morgan fingerprint density at radius 3 is 2.79 bits per heavy atom. The fourth-order valence-electron chi connectivity index (χ4n) is 1.91. The van der Waals surface area contributed by atoms with E-state index in [1.54, 1.807) is 6.33 Å². The number of aromatic nitrogens is 3. The Morgan fingerprint density at radius 1 is 1.26 bits per heavy atom. The van der Waals surface area contributed by atoms with Crippen LogP contribution in [0.4, 0.5) is 0 Å². The highest BCUT2D eigenvalue weighted by atomic mass is 35.5. The van der Waals surface area contributed by atoms with Gasteiger partial charge in [0.2, 0.25) is 0 Å². The molecule has 1 N–H and O–H groups in total. The van der Waals surface area contributed by atoms with Crippen LogP contribution in [0.1, 0.15) is 24.7 Å². The standard InChI is InChI=1S/C14H19ClN4/c1-2-9-19-14(17-11-18-19)10-16-8-7-12-3-5-13(15)6-4-12/h3-6,11,16H,2,7-10H2,1H3. The SMILES string of the molecule is CCCn1ncnc1CNCCc1ccc(Cl)cc1. The van der Waals surface area contributed by atoms with E-state index in [4.69, 9.17) is 11.6 Å². The highest BCUT2D eigenvalue weighted by molar-refractivity contribution is 6.30. The molecule has 0 bridgehead atoms. The summed E-state index contributed by atoms with van der Waals surface area (Å²) in [6.45, 7) is 4.74. The molecule has 0 radical (unpaired) electrons. The molecule has 0 atom stereocenters. The predicted molar refractivity (Wildman–Crippen MR) is 77.2 cm³/mol. The number of nitrogens with one attached hydrogen (secondary N) is 1. The number of rotatable bonds is 7. The van der Waals surface area contributed by atoms with Crippen molar-refractivity contribution in [3.05, 3.63) is 47.0 Å². The minimum absolute atomic E-state index is 0.758. The van der Waals surface area contributed by atoms with E-state index < -0.39 is 0 Å². The van der Waals surface area contributed by atoms with Gasteiger partial charge in [-0.1, -0.05) is 30.7 Å². The summed E-state index contributed by atoms with van der Waals surface area (Å²) in [4.78, 5) is 4.26. The number of nitrogens with zero attached hydrogens (tertiary/aromatic N) is 3. The summed E-state index contributed by atoms with van der Waals surface area (Å²) in [5, 5.41) is 8.38. The molecule has 1 aromatic carbocycles. The summed E-state index contributed by atoms with van der Waals surface area (Å²) in [7, 11) is 0. The van der Waals surface area contributed by atoms with Gasteiger partial charge in [0.05, 0.1) is 6.54 Å². The van der Waals surface area contributed by atoms with Crippen molar-refractivity contribution in [1.82, 2.24) is 20.1 Å². The zero-order valence-corrected chi connectivity index (χ0v) is 11.9. The van der Waals surface area contributed by atoms with Gasteiger partial charge in [-0.15, -0.1) is 0 Å². The van der Waals surface area contributed by atoms with E-state index in [2.05, 4.69) is 34.5 Å². The van der Waals surface area contributed by atoms with Gasteiger partial charge < -0.3 is 5.32 Å². The maximum absolute atomic E-state index is 5.85. The lowest BCUT2D eigenvalue weighted by atomic mass is 10.1. The molecule has 4 nitrogen and oxygen atoms in total.